The maximum absolute atomic E-state index is 8.71. The van der Waals surface area contributed by atoms with Gasteiger partial charge < -0.3 is 4.74 Å². The molecule has 0 aliphatic rings. The highest BCUT2D eigenvalue weighted by molar-refractivity contribution is 6.35. The monoisotopic (exact) mass is 264 g/mol. The number of pyridine rings is 1. The van der Waals surface area contributed by atoms with Crippen LogP contribution >= 0.6 is 23.2 Å². The average Bonchev–Trinajstić information content (AvgIpc) is 2.33. The van der Waals surface area contributed by atoms with Crippen LogP contribution in [0.25, 0.3) is 0 Å². The standard InChI is InChI=1S/C12H6Cl2N2O/c13-8-1-2-12(11(14)5-8)17-10-3-4-16-9(6-10)7-15/h1-6H. The predicted molar refractivity (Wildman–Crippen MR) is 65.5 cm³/mol. The van der Waals surface area contributed by atoms with Gasteiger partial charge in [-0.1, -0.05) is 23.2 Å². The largest absolute Gasteiger partial charge is 0.456 e. The summed E-state index contributed by atoms with van der Waals surface area (Å²) in [5.41, 5.74) is 0.285. The molecule has 1 heterocycles. The molecule has 0 bridgehead atoms. The van der Waals surface area contributed by atoms with Crippen LogP contribution in [0.4, 0.5) is 0 Å². The Morgan fingerprint density at radius 2 is 2.00 bits per heavy atom. The van der Waals surface area contributed by atoms with E-state index in [9.17, 15) is 0 Å². The molecule has 0 unspecified atom stereocenters. The lowest BCUT2D eigenvalue weighted by molar-refractivity contribution is 0.482. The maximum Gasteiger partial charge on any atom is 0.146 e. The van der Waals surface area contributed by atoms with Gasteiger partial charge in [0, 0.05) is 17.3 Å². The number of halogens is 2. The topological polar surface area (TPSA) is 45.9 Å². The van der Waals surface area contributed by atoms with Crippen LogP contribution in [0.5, 0.6) is 11.5 Å². The van der Waals surface area contributed by atoms with Crippen LogP contribution < -0.4 is 4.74 Å². The molecular formula is C12H6Cl2N2O. The molecule has 1 aromatic carbocycles. The van der Waals surface area contributed by atoms with E-state index < -0.39 is 0 Å². The van der Waals surface area contributed by atoms with Crippen molar-refractivity contribution < 1.29 is 4.74 Å². The molecule has 2 rings (SSSR count). The van der Waals surface area contributed by atoms with Crippen molar-refractivity contribution in [1.82, 2.24) is 4.98 Å². The molecule has 1 aromatic heterocycles. The minimum absolute atomic E-state index is 0.285. The fourth-order valence-corrected chi connectivity index (χ4v) is 1.67. The van der Waals surface area contributed by atoms with E-state index in [0.29, 0.717) is 21.5 Å². The molecule has 84 valence electrons. The first kappa shape index (κ1) is 11.7. The van der Waals surface area contributed by atoms with E-state index >= 15 is 0 Å². The van der Waals surface area contributed by atoms with Gasteiger partial charge in [0.05, 0.1) is 5.02 Å². The van der Waals surface area contributed by atoms with E-state index in [1.54, 1.807) is 24.3 Å². The second kappa shape index (κ2) is 5.05. The van der Waals surface area contributed by atoms with Crippen molar-refractivity contribution in [3.63, 3.8) is 0 Å². The van der Waals surface area contributed by atoms with E-state index in [0.717, 1.165) is 0 Å². The highest BCUT2D eigenvalue weighted by atomic mass is 35.5. The molecule has 17 heavy (non-hydrogen) atoms. The van der Waals surface area contributed by atoms with Gasteiger partial charge in [0.25, 0.3) is 0 Å². The summed E-state index contributed by atoms with van der Waals surface area (Å²) >= 11 is 11.7. The Bertz CT molecular complexity index is 593. The average molecular weight is 265 g/mol. The molecule has 0 radical (unpaired) electrons. The lowest BCUT2D eigenvalue weighted by atomic mass is 10.3. The highest BCUT2D eigenvalue weighted by Crippen LogP contribution is 2.31. The van der Waals surface area contributed by atoms with Gasteiger partial charge in [0.1, 0.15) is 23.3 Å². The summed E-state index contributed by atoms with van der Waals surface area (Å²) in [5, 5.41) is 9.65. The molecule has 0 atom stereocenters. The lowest BCUT2D eigenvalue weighted by Crippen LogP contribution is -1.88. The summed E-state index contributed by atoms with van der Waals surface area (Å²) in [5.74, 6) is 0.979. The first-order valence-corrected chi connectivity index (χ1v) is 5.43. The third-order valence-electron chi connectivity index (χ3n) is 1.97. The summed E-state index contributed by atoms with van der Waals surface area (Å²) < 4.78 is 5.52. The Hall–Kier alpha value is -1.76. The number of rotatable bonds is 2. The molecule has 0 saturated carbocycles. The first-order valence-electron chi connectivity index (χ1n) is 4.68. The molecule has 0 aliphatic heterocycles. The maximum atomic E-state index is 8.71. The van der Waals surface area contributed by atoms with Gasteiger partial charge >= 0.3 is 0 Å². The van der Waals surface area contributed by atoms with E-state index in [4.69, 9.17) is 33.2 Å². The SMILES string of the molecule is N#Cc1cc(Oc2ccc(Cl)cc2Cl)ccn1. The Morgan fingerprint density at radius 1 is 1.18 bits per heavy atom. The van der Waals surface area contributed by atoms with Gasteiger partial charge in [-0.2, -0.15) is 5.26 Å². The Morgan fingerprint density at radius 3 is 2.71 bits per heavy atom. The van der Waals surface area contributed by atoms with E-state index in [1.807, 2.05) is 6.07 Å². The molecular weight excluding hydrogens is 259 g/mol. The van der Waals surface area contributed by atoms with Crippen LogP contribution in [0, 0.1) is 11.3 Å². The highest BCUT2D eigenvalue weighted by Gasteiger charge is 2.04. The molecule has 3 nitrogen and oxygen atoms in total. The quantitative estimate of drug-likeness (QED) is 0.822. The van der Waals surface area contributed by atoms with Crippen molar-refractivity contribution in [1.29, 1.82) is 5.26 Å². The van der Waals surface area contributed by atoms with Gasteiger partial charge in [-0.3, -0.25) is 0 Å². The zero-order valence-electron chi connectivity index (χ0n) is 8.52. The van der Waals surface area contributed by atoms with Gasteiger partial charge in [0.2, 0.25) is 0 Å². The zero-order chi connectivity index (χ0) is 12.3. The van der Waals surface area contributed by atoms with Gasteiger partial charge in [-0.05, 0) is 24.3 Å². The number of aromatic nitrogens is 1. The fraction of sp³-hybridized carbons (Fsp3) is 0. The Labute approximate surface area is 108 Å². The number of hydrogen-bond acceptors (Lipinski definition) is 3. The number of benzene rings is 1. The second-order valence-electron chi connectivity index (χ2n) is 3.17. The van der Waals surface area contributed by atoms with Gasteiger partial charge in [-0.15, -0.1) is 0 Å². The van der Waals surface area contributed by atoms with Crippen molar-refractivity contribution >= 4 is 23.2 Å². The summed E-state index contributed by atoms with van der Waals surface area (Å²) in [6, 6.07) is 10.0. The van der Waals surface area contributed by atoms with Crippen LogP contribution in [-0.2, 0) is 0 Å². The fourth-order valence-electron chi connectivity index (χ4n) is 1.22. The first-order chi connectivity index (χ1) is 8.19. The molecule has 5 heteroatoms. The Kier molecular flexibility index (Phi) is 3.48. The molecule has 0 saturated heterocycles. The van der Waals surface area contributed by atoms with Crippen molar-refractivity contribution in [2.45, 2.75) is 0 Å². The van der Waals surface area contributed by atoms with Crippen molar-refractivity contribution in [2.75, 3.05) is 0 Å². The lowest BCUT2D eigenvalue weighted by Gasteiger charge is -2.07. The van der Waals surface area contributed by atoms with Gasteiger partial charge in [0.15, 0.2) is 0 Å². The minimum Gasteiger partial charge on any atom is -0.456 e. The number of ether oxygens (including phenoxy) is 1. The zero-order valence-corrected chi connectivity index (χ0v) is 10.0. The summed E-state index contributed by atoms with van der Waals surface area (Å²) in [4.78, 5) is 3.84. The number of nitriles is 1. The normalized spacial score (nSPS) is 9.71. The molecule has 0 aliphatic carbocycles. The summed E-state index contributed by atoms with van der Waals surface area (Å²) in [6.07, 6.45) is 1.50. The Balaban J connectivity index is 2.28. The van der Waals surface area contributed by atoms with Crippen LogP contribution in [0.3, 0.4) is 0 Å². The second-order valence-corrected chi connectivity index (χ2v) is 4.01. The van der Waals surface area contributed by atoms with Crippen LogP contribution in [0.15, 0.2) is 36.5 Å². The molecule has 2 aromatic rings. The molecule has 0 amide bonds. The summed E-state index contributed by atoms with van der Waals surface area (Å²) in [7, 11) is 0. The van der Waals surface area contributed by atoms with Crippen LogP contribution in [0.1, 0.15) is 5.69 Å². The number of nitrogens with zero attached hydrogens (tertiary/aromatic N) is 2. The third-order valence-corrected chi connectivity index (χ3v) is 2.50. The van der Waals surface area contributed by atoms with E-state index in [1.165, 1.54) is 12.3 Å². The van der Waals surface area contributed by atoms with Crippen molar-refractivity contribution in [2.24, 2.45) is 0 Å². The molecule has 0 fully saturated rings. The molecule has 0 spiro atoms. The smallest absolute Gasteiger partial charge is 0.146 e. The summed E-state index contributed by atoms with van der Waals surface area (Å²) in [6.45, 7) is 0. The third kappa shape index (κ3) is 2.88. The van der Waals surface area contributed by atoms with Crippen LogP contribution in [-0.4, -0.2) is 4.98 Å². The molecule has 0 N–H and O–H groups in total. The predicted octanol–water partition coefficient (Wildman–Crippen LogP) is 4.05. The van der Waals surface area contributed by atoms with Crippen LogP contribution in [0.2, 0.25) is 10.0 Å². The minimum atomic E-state index is 0.285. The number of hydrogen-bond donors (Lipinski definition) is 0. The van der Waals surface area contributed by atoms with E-state index in [-0.39, 0.29) is 5.69 Å². The van der Waals surface area contributed by atoms with Crippen molar-refractivity contribution in [3.8, 4) is 17.6 Å². The van der Waals surface area contributed by atoms with Gasteiger partial charge in [-0.25, -0.2) is 4.98 Å². The van der Waals surface area contributed by atoms with E-state index in [2.05, 4.69) is 4.98 Å². The van der Waals surface area contributed by atoms with Crippen molar-refractivity contribution in [3.05, 3.63) is 52.3 Å².